The van der Waals surface area contributed by atoms with Crippen molar-refractivity contribution >= 4 is 28.8 Å². The molecule has 0 saturated carbocycles. The Morgan fingerprint density at radius 1 is 1.03 bits per heavy atom. The summed E-state index contributed by atoms with van der Waals surface area (Å²) in [5.74, 6) is 0.154. The van der Waals surface area contributed by atoms with Crippen LogP contribution < -0.4 is 5.32 Å². The summed E-state index contributed by atoms with van der Waals surface area (Å²) in [5, 5.41) is 3.13. The first-order chi connectivity index (χ1) is 15.8. The SMILES string of the molecule is CC(C)[C@H](NC(=O)CCCN1C(=O)c2ccncc2C1=O)c1nc2ccccc2n1C(C)C. The van der Waals surface area contributed by atoms with Gasteiger partial charge in [-0.15, -0.1) is 0 Å². The van der Waals surface area contributed by atoms with E-state index in [0.29, 0.717) is 17.5 Å². The van der Waals surface area contributed by atoms with Crippen LogP contribution in [0, 0.1) is 5.92 Å². The number of nitrogens with zero attached hydrogens (tertiary/aromatic N) is 4. The number of hydrogen-bond donors (Lipinski definition) is 1. The Bertz CT molecular complexity index is 1180. The smallest absolute Gasteiger partial charge is 0.263 e. The van der Waals surface area contributed by atoms with Crippen LogP contribution >= 0.6 is 0 Å². The third-order valence-corrected chi connectivity index (χ3v) is 5.96. The summed E-state index contributed by atoms with van der Waals surface area (Å²) in [7, 11) is 0. The Labute approximate surface area is 193 Å². The van der Waals surface area contributed by atoms with E-state index in [9.17, 15) is 14.4 Å². The Hall–Kier alpha value is -3.55. The second-order valence-corrected chi connectivity index (χ2v) is 9.00. The van der Waals surface area contributed by atoms with Gasteiger partial charge in [0, 0.05) is 31.4 Å². The molecule has 172 valence electrons. The van der Waals surface area contributed by atoms with Gasteiger partial charge in [-0.2, -0.15) is 0 Å². The Morgan fingerprint density at radius 3 is 2.45 bits per heavy atom. The topological polar surface area (TPSA) is 97.2 Å². The number of rotatable bonds is 8. The molecule has 8 heteroatoms. The number of benzene rings is 1. The van der Waals surface area contributed by atoms with E-state index in [4.69, 9.17) is 4.98 Å². The number of aromatic nitrogens is 3. The van der Waals surface area contributed by atoms with Crippen LogP contribution in [0.3, 0.4) is 0 Å². The maximum Gasteiger partial charge on any atom is 0.263 e. The standard InChI is InChI=1S/C25H29N5O3/c1-15(2)22(23-27-19-8-5-6-9-20(19)30(23)16(3)4)28-21(31)10-7-13-29-24(32)17-11-12-26-14-18(17)25(29)33/h5-6,8-9,11-12,14-16,22H,7,10,13H2,1-4H3,(H,28,31)/t22-/m0/s1. The van der Waals surface area contributed by atoms with E-state index in [0.717, 1.165) is 16.9 Å². The second-order valence-electron chi connectivity index (χ2n) is 9.00. The lowest BCUT2D eigenvalue weighted by atomic mass is 10.0. The van der Waals surface area contributed by atoms with Crippen LogP contribution in [0.4, 0.5) is 0 Å². The number of carbonyl (C=O) groups is 3. The minimum atomic E-state index is -0.353. The molecule has 8 nitrogen and oxygen atoms in total. The Kier molecular flexibility index (Phi) is 6.26. The molecule has 1 aromatic carbocycles. The van der Waals surface area contributed by atoms with Gasteiger partial charge in [0.1, 0.15) is 5.82 Å². The number of fused-ring (bicyclic) bond motifs is 2. The van der Waals surface area contributed by atoms with Gasteiger partial charge in [-0.25, -0.2) is 4.98 Å². The highest BCUT2D eigenvalue weighted by Gasteiger charge is 2.35. The minimum absolute atomic E-state index is 0.130. The van der Waals surface area contributed by atoms with Crippen molar-refractivity contribution in [2.45, 2.75) is 52.6 Å². The van der Waals surface area contributed by atoms with Gasteiger partial charge < -0.3 is 9.88 Å². The summed E-state index contributed by atoms with van der Waals surface area (Å²) in [6, 6.07) is 9.46. The zero-order valence-corrected chi connectivity index (χ0v) is 19.4. The largest absolute Gasteiger partial charge is 0.346 e. The molecule has 0 radical (unpaired) electrons. The molecule has 0 fully saturated rings. The van der Waals surface area contributed by atoms with Gasteiger partial charge in [0.05, 0.1) is 28.2 Å². The van der Waals surface area contributed by atoms with Crippen LogP contribution in [0.2, 0.25) is 0 Å². The van der Waals surface area contributed by atoms with E-state index in [1.165, 1.54) is 17.3 Å². The van der Waals surface area contributed by atoms with Crippen LogP contribution in [0.1, 0.15) is 79.2 Å². The molecule has 2 aromatic heterocycles. The Balaban J connectivity index is 1.43. The maximum atomic E-state index is 12.8. The summed E-state index contributed by atoms with van der Waals surface area (Å²) in [4.78, 5) is 47.8. The number of hydrogen-bond acceptors (Lipinski definition) is 5. The monoisotopic (exact) mass is 447 g/mol. The summed E-state index contributed by atoms with van der Waals surface area (Å²) in [6.45, 7) is 8.52. The van der Waals surface area contributed by atoms with E-state index in [1.54, 1.807) is 6.07 Å². The van der Waals surface area contributed by atoms with Crippen LogP contribution in [0.15, 0.2) is 42.7 Å². The molecule has 33 heavy (non-hydrogen) atoms. The summed E-state index contributed by atoms with van der Waals surface area (Å²) in [6.07, 6.45) is 3.50. The van der Waals surface area contributed by atoms with Crippen LogP contribution in [-0.2, 0) is 4.79 Å². The lowest BCUT2D eigenvalue weighted by Crippen LogP contribution is -2.35. The Morgan fingerprint density at radius 2 is 1.76 bits per heavy atom. The van der Waals surface area contributed by atoms with Crippen molar-refractivity contribution in [3.8, 4) is 0 Å². The number of imidazole rings is 1. The first-order valence-electron chi connectivity index (χ1n) is 11.4. The molecule has 1 aliphatic heterocycles. The van der Waals surface area contributed by atoms with E-state index in [2.05, 4.69) is 42.6 Å². The fraction of sp³-hybridized carbons (Fsp3) is 0.400. The quantitative estimate of drug-likeness (QED) is 0.528. The summed E-state index contributed by atoms with van der Waals surface area (Å²) < 4.78 is 2.17. The number of nitrogens with one attached hydrogen (secondary N) is 1. The average molecular weight is 448 g/mol. The molecule has 4 rings (SSSR count). The van der Waals surface area contributed by atoms with Gasteiger partial charge in [0.15, 0.2) is 0 Å². The molecular formula is C25H29N5O3. The highest BCUT2D eigenvalue weighted by Crippen LogP contribution is 2.29. The first-order valence-corrected chi connectivity index (χ1v) is 11.4. The molecule has 0 aliphatic carbocycles. The van der Waals surface area contributed by atoms with Crippen molar-refractivity contribution in [1.29, 1.82) is 0 Å². The predicted octanol–water partition coefficient (Wildman–Crippen LogP) is 3.90. The van der Waals surface area contributed by atoms with Crippen molar-refractivity contribution in [2.24, 2.45) is 5.92 Å². The van der Waals surface area contributed by atoms with Gasteiger partial charge in [0.2, 0.25) is 5.91 Å². The molecule has 1 N–H and O–H groups in total. The number of para-hydroxylation sites is 2. The fourth-order valence-electron chi connectivity index (χ4n) is 4.34. The molecule has 3 amide bonds. The number of pyridine rings is 1. The molecule has 0 bridgehead atoms. The summed E-state index contributed by atoms with van der Waals surface area (Å²) in [5.41, 5.74) is 2.63. The normalized spacial score (nSPS) is 14.4. The maximum absolute atomic E-state index is 12.8. The van der Waals surface area contributed by atoms with Crippen molar-refractivity contribution in [2.75, 3.05) is 6.54 Å². The van der Waals surface area contributed by atoms with Crippen LogP contribution in [0.25, 0.3) is 11.0 Å². The molecule has 3 aromatic rings. The molecule has 0 saturated heterocycles. The van der Waals surface area contributed by atoms with Crippen molar-refractivity contribution in [3.05, 3.63) is 59.7 Å². The zero-order chi connectivity index (χ0) is 23.7. The minimum Gasteiger partial charge on any atom is -0.346 e. The number of carbonyl (C=O) groups excluding carboxylic acids is 3. The lowest BCUT2D eigenvalue weighted by Gasteiger charge is -2.25. The van der Waals surface area contributed by atoms with Gasteiger partial charge in [-0.3, -0.25) is 24.3 Å². The van der Waals surface area contributed by atoms with Crippen LogP contribution in [0.5, 0.6) is 0 Å². The molecule has 1 atom stereocenters. The van der Waals surface area contributed by atoms with E-state index < -0.39 is 0 Å². The zero-order valence-electron chi connectivity index (χ0n) is 19.4. The van der Waals surface area contributed by atoms with Gasteiger partial charge in [-0.1, -0.05) is 26.0 Å². The fourth-order valence-corrected chi connectivity index (χ4v) is 4.34. The van der Waals surface area contributed by atoms with Gasteiger partial charge >= 0.3 is 0 Å². The molecule has 3 heterocycles. The van der Waals surface area contributed by atoms with E-state index >= 15 is 0 Å². The van der Waals surface area contributed by atoms with Crippen molar-refractivity contribution < 1.29 is 14.4 Å². The highest BCUT2D eigenvalue weighted by atomic mass is 16.2. The molecule has 1 aliphatic rings. The van der Waals surface area contributed by atoms with Gasteiger partial charge in [-0.05, 0) is 44.4 Å². The lowest BCUT2D eigenvalue weighted by molar-refractivity contribution is -0.122. The van der Waals surface area contributed by atoms with E-state index in [-0.39, 0.29) is 48.7 Å². The number of amides is 3. The summed E-state index contributed by atoms with van der Waals surface area (Å²) >= 11 is 0. The highest BCUT2D eigenvalue weighted by molar-refractivity contribution is 6.21. The predicted molar refractivity (Wildman–Crippen MR) is 125 cm³/mol. The average Bonchev–Trinajstić information content (AvgIpc) is 3.28. The molecule has 0 spiro atoms. The first kappa shape index (κ1) is 22.6. The van der Waals surface area contributed by atoms with Gasteiger partial charge in [0.25, 0.3) is 11.8 Å². The number of imide groups is 1. The van der Waals surface area contributed by atoms with Crippen LogP contribution in [-0.4, -0.2) is 43.7 Å². The molecule has 0 unspecified atom stereocenters. The third-order valence-electron chi connectivity index (χ3n) is 5.96. The van der Waals surface area contributed by atoms with E-state index in [1.807, 2.05) is 24.3 Å². The third kappa shape index (κ3) is 4.25. The molecular weight excluding hydrogens is 418 g/mol. The second kappa shape index (κ2) is 9.13. The van der Waals surface area contributed by atoms with Crippen molar-refractivity contribution in [3.63, 3.8) is 0 Å². The van der Waals surface area contributed by atoms with Crippen molar-refractivity contribution in [1.82, 2.24) is 24.8 Å².